The Hall–Kier alpha value is -12.1. The minimum absolute atomic E-state index is 0.0160. The number of hydrogen-bond donors (Lipinski definition) is 6. The molecule has 0 fully saturated rings. The third kappa shape index (κ3) is 28.9. The van der Waals surface area contributed by atoms with Gasteiger partial charge in [-0.05, 0) is 126 Å². The molecule has 0 spiro atoms. The van der Waals surface area contributed by atoms with Crippen LogP contribution >= 0.6 is 0 Å². The molecule has 0 saturated carbocycles. The van der Waals surface area contributed by atoms with E-state index >= 15 is 0 Å². The zero-order valence-corrected chi connectivity index (χ0v) is 46.4. The Morgan fingerprint density at radius 3 is 1.19 bits per heavy atom. The van der Waals surface area contributed by atoms with Crippen molar-refractivity contribution in [3.63, 3.8) is 0 Å². The van der Waals surface area contributed by atoms with Crippen LogP contribution in [-0.4, -0.2) is 102 Å². The minimum Gasteiger partial charge on any atom is -0.478 e. The lowest BCUT2D eigenvalue weighted by Crippen LogP contribution is -2.06. The van der Waals surface area contributed by atoms with E-state index < -0.39 is 59.7 Å². The Morgan fingerprint density at radius 1 is 0.314 bits per heavy atom. The lowest BCUT2D eigenvalue weighted by atomic mass is 10.1. The average molecular weight is 1180 g/mol. The Labute approximate surface area is 488 Å². The number of carboxylic acid groups (broad SMARTS) is 6. The highest BCUT2D eigenvalue weighted by Crippen LogP contribution is 2.23. The van der Waals surface area contributed by atoms with Crippen LogP contribution in [0, 0.1) is 0 Å². The monoisotopic (exact) mass is 1180 g/mol. The van der Waals surface area contributed by atoms with Gasteiger partial charge in [-0.3, -0.25) is 28.8 Å². The fraction of sp³-hybridized carbons (Fsp3) is 0.0968. The number of benzene rings is 7. The van der Waals surface area contributed by atoms with Crippen LogP contribution in [0.25, 0.3) is 22.9 Å². The standard InChI is InChI=1S/C13H10O4.2C11H10O4.3C9H8O4/c1-8(14)17-12-5-4-9-6-11(13(15)16)3-2-10(9)7-12;1-8(12)15-10-5-2-9(3-6-10)4-7-11(13)14;1-8(12)15-10-5-3-2-4-9(10)6-7-11(13)14;1-6(10)13-8-4-2-7(3-5-8)9(11)12;1-6(10)13-8-4-2-3-7(5-8)9(11)12;1-6(10)13-8-5-3-2-4-7(8)9(11)12/h2-7H,1H3,(H,15,16);2*2-7H,1H3,(H,13,14);3*2-5H,1H3,(H,11,12)/b;7-4+;7-6+;;;. The Bertz CT molecular complexity index is 3630. The summed E-state index contributed by atoms with van der Waals surface area (Å²) in [5.74, 6) is -6.92. The van der Waals surface area contributed by atoms with Gasteiger partial charge in [-0.2, -0.15) is 0 Å². The van der Waals surface area contributed by atoms with Crippen LogP contribution in [0.3, 0.4) is 0 Å². The van der Waals surface area contributed by atoms with Crippen LogP contribution in [0.15, 0.2) is 170 Å². The molecule has 24 nitrogen and oxygen atoms in total. The molecule has 0 saturated heterocycles. The molecule has 0 aromatic heterocycles. The summed E-state index contributed by atoms with van der Waals surface area (Å²) >= 11 is 0. The normalized spacial score (nSPS) is 9.79. The molecule has 7 aromatic carbocycles. The molecule has 6 N–H and O–H groups in total. The number of fused-ring (bicyclic) bond motifs is 1. The van der Waals surface area contributed by atoms with E-state index in [1.807, 2.05) is 0 Å². The summed E-state index contributed by atoms with van der Waals surface area (Å²) in [6.07, 6.45) is 4.86. The molecule has 0 radical (unpaired) electrons. The van der Waals surface area contributed by atoms with Crippen LogP contribution in [0.5, 0.6) is 34.5 Å². The summed E-state index contributed by atoms with van der Waals surface area (Å²) in [5, 5.41) is 53.2. The van der Waals surface area contributed by atoms with Crippen LogP contribution in [0.1, 0.15) is 94.1 Å². The van der Waals surface area contributed by atoms with Gasteiger partial charge in [0, 0.05) is 59.3 Å². The highest BCUT2D eigenvalue weighted by molar-refractivity contribution is 5.95. The van der Waals surface area contributed by atoms with Crippen molar-refractivity contribution in [3.8, 4) is 34.5 Å². The Kier molecular flexibility index (Phi) is 29.6. The van der Waals surface area contributed by atoms with Gasteiger partial charge < -0.3 is 59.1 Å². The third-order valence-corrected chi connectivity index (χ3v) is 9.54. The average Bonchev–Trinajstić information content (AvgIpc) is 3.64. The molecular formula is C62H54O24. The number of hydrogen-bond acceptors (Lipinski definition) is 18. The molecule has 0 bridgehead atoms. The van der Waals surface area contributed by atoms with Crippen molar-refractivity contribution in [2.75, 3.05) is 0 Å². The van der Waals surface area contributed by atoms with E-state index in [9.17, 15) is 57.5 Å². The minimum atomic E-state index is -1.11. The van der Waals surface area contributed by atoms with Crippen molar-refractivity contribution >= 4 is 94.6 Å². The molecule has 0 atom stereocenters. The van der Waals surface area contributed by atoms with Gasteiger partial charge in [0.2, 0.25) is 0 Å². The number of para-hydroxylation sites is 2. The largest absolute Gasteiger partial charge is 0.478 e. The maximum atomic E-state index is 10.8. The van der Waals surface area contributed by atoms with E-state index in [1.165, 1.54) is 120 Å². The van der Waals surface area contributed by atoms with E-state index in [4.69, 9.17) is 54.3 Å². The highest BCUT2D eigenvalue weighted by Gasteiger charge is 2.12. The first-order valence-electron chi connectivity index (χ1n) is 24.4. The summed E-state index contributed by atoms with van der Waals surface area (Å²) in [6.45, 7) is 7.70. The summed E-state index contributed by atoms with van der Waals surface area (Å²) in [5.41, 5.74) is 1.76. The van der Waals surface area contributed by atoms with Crippen molar-refractivity contribution in [2.45, 2.75) is 41.5 Å². The molecule has 446 valence electrons. The number of carbonyl (C=O) groups excluding carboxylic acids is 6. The van der Waals surface area contributed by atoms with Gasteiger partial charge >= 0.3 is 71.6 Å². The van der Waals surface area contributed by atoms with Crippen LogP contribution in [-0.2, 0) is 38.4 Å². The Morgan fingerprint density at radius 2 is 0.698 bits per heavy atom. The second-order valence-electron chi connectivity index (χ2n) is 16.5. The first kappa shape index (κ1) is 70.0. The van der Waals surface area contributed by atoms with E-state index in [2.05, 4.69) is 4.74 Å². The van der Waals surface area contributed by atoms with Gasteiger partial charge in [-0.1, -0.05) is 60.7 Å². The molecule has 24 heteroatoms. The summed E-state index contributed by atoms with van der Waals surface area (Å²) < 4.78 is 28.8. The molecule has 7 rings (SSSR count). The lowest BCUT2D eigenvalue weighted by Gasteiger charge is -2.04. The van der Waals surface area contributed by atoms with Crippen molar-refractivity contribution < 1.29 is 117 Å². The van der Waals surface area contributed by atoms with Crippen LogP contribution in [0.4, 0.5) is 0 Å². The van der Waals surface area contributed by atoms with E-state index in [0.717, 1.165) is 28.5 Å². The second-order valence-corrected chi connectivity index (χ2v) is 16.5. The molecule has 0 aliphatic carbocycles. The van der Waals surface area contributed by atoms with Crippen molar-refractivity contribution in [1.82, 2.24) is 0 Å². The lowest BCUT2D eigenvalue weighted by molar-refractivity contribution is -0.132. The van der Waals surface area contributed by atoms with Crippen LogP contribution < -0.4 is 28.4 Å². The smallest absolute Gasteiger partial charge is 0.339 e. The summed E-state index contributed by atoms with van der Waals surface area (Å²) in [7, 11) is 0. The van der Waals surface area contributed by atoms with Gasteiger partial charge in [-0.25, -0.2) is 28.8 Å². The third-order valence-electron chi connectivity index (χ3n) is 9.54. The molecule has 7 aromatic rings. The van der Waals surface area contributed by atoms with Crippen molar-refractivity contribution in [3.05, 3.63) is 203 Å². The predicted molar refractivity (Wildman–Crippen MR) is 305 cm³/mol. The molecule has 86 heavy (non-hydrogen) atoms. The quantitative estimate of drug-likeness (QED) is 0.0335. The first-order valence-corrected chi connectivity index (χ1v) is 24.4. The van der Waals surface area contributed by atoms with Gasteiger partial charge in [-0.15, -0.1) is 0 Å². The molecule has 0 unspecified atom stereocenters. The van der Waals surface area contributed by atoms with Gasteiger partial charge in [0.05, 0.1) is 16.7 Å². The SMILES string of the molecule is CC(=O)Oc1ccc(/C=C/C(=O)O)cc1.CC(=O)Oc1ccc(C(=O)O)cc1.CC(=O)Oc1ccc2cc(C(=O)O)ccc2c1.CC(=O)Oc1cccc(C(=O)O)c1.CC(=O)Oc1ccccc1/C=C/C(=O)O.CC(=O)Oc1ccccc1C(=O)O. The number of rotatable bonds is 14. The van der Waals surface area contributed by atoms with E-state index in [-0.39, 0.29) is 45.7 Å². The van der Waals surface area contributed by atoms with Crippen molar-refractivity contribution in [1.29, 1.82) is 0 Å². The fourth-order valence-corrected chi connectivity index (χ4v) is 6.17. The second kappa shape index (κ2) is 36.3. The maximum absolute atomic E-state index is 10.8. The highest BCUT2D eigenvalue weighted by atomic mass is 16.6. The predicted octanol–water partition coefficient (Wildman–Crippen LogP) is 9.81. The Balaban J connectivity index is 0.000000353. The summed E-state index contributed by atoms with van der Waals surface area (Å²) in [6, 6.07) is 40.4. The van der Waals surface area contributed by atoms with E-state index in [0.29, 0.717) is 28.6 Å². The maximum Gasteiger partial charge on any atom is 0.339 e. The van der Waals surface area contributed by atoms with Gasteiger partial charge in [0.15, 0.2) is 0 Å². The fourth-order valence-electron chi connectivity index (χ4n) is 6.17. The molecule has 0 heterocycles. The number of ether oxygens (including phenoxy) is 6. The number of carboxylic acids is 6. The molecule has 0 aliphatic rings. The van der Waals surface area contributed by atoms with E-state index in [1.54, 1.807) is 91.0 Å². The number of aliphatic carboxylic acids is 2. The zero-order valence-electron chi connectivity index (χ0n) is 46.4. The topological polar surface area (TPSA) is 382 Å². The zero-order chi connectivity index (χ0) is 64.5. The number of carbonyl (C=O) groups is 12. The molecular weight excluding hydrogens is 1130 g/mol. The summed E-state index contributed by atoms with van der Waals surface area (Å²) in [4.78, 5) is 127. The molecule has 0 aliphatic heterocycles. The first-order chi connectivity index (χ1) is 40.5. The number of esters is 6. The molecule has 0 amide bonds. The number of aromatic carboxylic acids is 4. The van der Waals surface area contributed by atoms with Crippen molar-refractivity contribution in [2.24, 2.45) is 0 Å². The van der Waals surface area contributed by atoms with Gasteiger partial charge in [0.25, 0.3) is 0 Å². The van der Waals surface area contributed by atoms with Crippen LogP contribution in [0.2, 0.25) is 0 Å². The van der Waals surface area contributed by atoms with Gasteiger partial charge in [0.1, 0.15) is 40.1 Å².